The number of nitrogens with zero attached hydrogens (tertiary/aromatic N) is 4. The van der Waals surface area contributed by atoms with E-state index in [1.54, 1.807) is 22.3 Å². The fourth-order valence-electron chi connectivity index (χ4n) is 2.95. The van der Waals surface area contributed by atoms with E-state index in [0.29, 0.717) is 0 Å². The van der Waals surface area contributed by atoms with Crippen LogP contribution in [0.25, 0.3) is 11.0 Å². The van der Waals surface area contributed by atoms with Crippen LogP contribution in [0.1, 0.15) is 4.88 Å². The summed E-state index contributed by atoms with van der Waals surface area (Å²) in [7, 11) is 0. The highest BCUT2D eigenvalue weighted by atomic mass is 32.1. The highest BCUT2D eigenvalue weighted by Crippen LogP contribution is 2.14. The van der Waals surface area contributed by atoms with Crippen molar-refractivity contribution < 1.29 is 4.79 Å². The summed E-state index contributed by atoms with van der Waals surface area (Å²) in [5.41, 5.74) is 4.70. The average molecular weight is 341 g/mol. The molecule has 0 radical (unpaired) electrons. The standard InChI is InChI=1S/C17H19N5OS/c23-17(19-22-13-18-15-5-1-2-6-16(15)22)21-9-7-20(8-10-21)12-14-4-3-11-24-14/h1-6,11,13H,7-10,12H2,(H,19,23). The van der Waals surface area contributed by atoms with Gasteiger partial charge >= 0.3 is 6.03 Å². The molecule has 2 aromatic heterocycles. The van der Waals surface area contributed by atoms with Crippen LogP contribution < -0.4 is 5.43 Å². The minimum atomic E-state index is -0.0751. The van der Waals surface area contributed by atoms with Crippen LogP contribution >= 0.6 is 11.3 Å². The number of rotatable bonds is 3. The van der Waals surface area contributed by atoms with Crippen molar-refractivity contribution in [3.63, 3.8) is 0 Å². The Hall–Kier alpha value is -2.38. The zero-order valence-electron chi connectivity index (χ0n) is 13.3. The monoisotopic (exact) mass is 341 g/mol. The quantitative estimate of drug-likeness (QED) is 0.797. The molecule has 1 saturated heterocycles. The number of benzene rings is 1. The maximum atomic E-state index is 12.5. The van der Waals surface area contributed by atoms with E-state index in [-0.39, 0.29) is 6.03 Å². The number of piperazine rings is 1. The summed E-state index contributed by atoms with van der Waals surface area (Å²) in [5, 5.41) is 2.11. The number of para-hydroxylation sites is 2. The van der Waals surface area contributed by atoms with Gasteiger partial charge in [0.05, 0.1) is 11.0 Å². The lowest BCUT2D eigenvalue weighted by atomic mass is 10.3. The molecule has 1 aliphatic heterocycles. The Morgan fingerprint density at radius 1 is 1.12 bits per heavy atom. The molecule has 24 heavy (non-hydrogen) atoms. The van der Waals surface area contributed by atoms with Crippen LogP contribution in [0, 0.1) is 0 Å². The summed E-state index contributed by atoms with van der Waals surface area (Å²) < 4.78 is 1.69. The van der Waals surface area contributed by atoms with Crippen LogP contribution in [-0.2, 0) is 6.54 Å². The fourth-order valence-corrected chi connectivity index (χ4v) is 3.70. The number of aromatic nitrogens is 2. The molecule has 0 atom stereocenters. The molecule has 7 heteroatoms. The normalized spacial score (nSPS) is 15.8. The smallest absolute Gasteiger partial charge is 0.321 e. The Labute approximate surface area is 144 Å². The molecule has 3 heterocycles. The first-order valence-electron chi connectivity index (χ1n) is 8.02. The zero-order valence-corrected chi connectivity index (χ0v) is 14.1. The van der Waals surface area contributed by atoms with Gasteiger partial charge in [-0.2, -0.15) is 0 Å². The van der Waals surface area contributed by atoms with Crippen LogP contribution in [0.2, 0.25) is 0 Å². The van der Waals surface area contributed by atoms with E-state index in [1.165, 1.54) is 4.88 Å². The van der Waals surface area contributed by atoms with Gasteiger partial charge in [-0.15, -0.1) is 11.3 Å². The number of nitrogens with one attached hydrogen (secondary N) is 1. The van der Waals surface area contributed by atoms with Crippen molar-refractivity contribution in [1.82, 2.24) is 19.5 Å². The molecule has 1 aliphatic rings. The van der Waals surface area contributed by atoms with Gasteiger partial charge in [-0.05, 0) is 23.6 Å². The summed E-state index contributed by atoms with van der Waals surface area (Å²) >= 11 is 1.78. The van der Waals surface area contributed by atoms with Crippen molar-refractivity contribution in [3.05, 3.63) is 53.0 Å². The summed E-state index contributed by atoms with van der Waals surface area (Å²) in [6.07, 6.45) is 1.65. The second kappa shape index (κ2) is 6.62. The van der Waals surface area contributed by atoms with Crippen molar-refractivity contribution in [2.75, 3.05) is 31.6 Å². The molecule has 0 unspecified atom stereocenters. The minimum Gasteiger partial charge on any atom is -0.321 e. The number of carbonyl (C=O) groups excluding carboxylic acids is 1. The molecular formula is C17H19N5OS. The Kier molecular flexibility index (Phi) is 4.18. The zero-order chi connectivity index (χ0) is 16.4. The van der Waals surface area contributed by atoms with Crippen LogP contribution in [-0.4, -0.2) is 51.7 Å². The number of imidazole rings is 1. The molecule has 124 valence electrons. The Bertz CT molecular complexity index is 821. The second-order valence-electron chi connectivity index (χ2n) is 5.86. The van der Waals surface area contributed by atoms with Gasteiger partial charge in [-0.1, -0.05) is 18.2 Å². The number of hydrogen-bond acceptors (Lipinski definition) is 4. The van der Waals surface area contributed by atoms with Crippen LogP contribution in [0.5, 0.6) is 0 Å². The van der Waals surface area contributed by atoms with Gasteiger partial charge in [0, 0.05) is 37.6 Å². The summed E-state index contributed by atoms with van der Waals surface area (Å²) in [6, 6.07) is 11.9. The molecule has 0 saturated carbocycles. The number of carbonyl (C=O) groups is 1. The van der Waals surface area contributed by atoms with Gasteiger partial charge in [0.25, 0.3) is 0 Å². The van der Waals surface area contributed by atoms with Crippen LogP contribution in [0.3, 0.4) is 0 Å². The molecule has 0 bridgehead atoms. The third-order valence-electron chi connectivity index (χ3n) is 4.29. The molecule has 1 fully saturated rings. The Morgan fingerprint density at radius 3 is 2.75 bits per heavy atom. The minimum absolute atomic E-state index is 0.0751. The van der Waals surface area contributed by atoms with Gasteiger partial charge in [0.15, 0.2) is 0 Å². The summed E-state index contributed by atoms with van der Waals surface area (Å²) in [6.45, 7) is 4.25. The van der Waals surface area contributed by atoms with E-state index in [9.17, 15) is 4.79 Å². The molecule has 1 N–H and O–H groups in total. The van der Waals surface area contributed by atoms with Crippen molar-refractivity contribution in [2.45, 2.75) is 6.54 Å². The van der Waals surface area contributed by atoms with Gasteiger partial charge in [0.1, 0.15) is 6.33 Å². The number of amides is 2. The van der Waals surface area contributed by atoms with Crippen molar-refractivity contribution in [2.24, 2.45) is 0 Å². The first-order chi connectivity index (χ1) is 11.8. The molecule has 6 nitrogen and oxygen atoms in total. The Morgan fingerprint density at radius 2 is 1.96 bits per heavy atom. The van der Waals surface area contributed by atoms with E-state index in [0.717, 1.165) is 43.8 Å². The SMILES string of the molecule is O=C(Nn1cnc2ccccc21)N1CCN(Cc2cccs2)CC1. The van der Waals surface area contributed by atoms with Gasteiger partial charge in [-0.3, -0.25) is 4.90 Å². The molecule has 0 aliphatic carbocycles. The Balaban J connectivity index is 1.34. The first kappa shape index (κ1) is 15.2. The highest BCUT2D eigenvalue weighted by Gasteiger charge is 2.21. The third kappa shape index (κ3) is 3.13. The average Bonchev–Trinajstić information content (AvgIpc) is 3.26. The number of urea groups is 1. The predicted molar refractivity (Wildman–Crippen MR) is 95.7 cm³/mol. The third-order valence-corrected chi connectivity index (χ3v) is 5.15. The molecule has 3 aromatic rings. The lowest BCUT2D eigenvalue weighted by Crippen LogP contribution is -2.50. The summed E-state index contributed by atoms with van der Waals surface area (Å²) in [4.78, 5) is 22.4. The first-order valence-corrected chi connectivity index (χ1v) is 8.90. The molecular weight excluding hydrogens is 322 g/mol. The fraction of sp³-hybridized carbons (Fsp3) is 0.294. The lowest BCUT2D eigenvalue weighted by Gasteiger charge is -2.34. The predicted octanol–water partition coefficient (Wildman–Crippen LogP) is 2.58. The van der Waals surface area contributed by atoms with Gasteiger partial charge < -0.3 is 4.90 Å². The maximum Gasteiger partial charge on any atom is 0.336 e. The van der Waals surface area contributed by atoms with Crippen molar-refractivity contribution in [1.29, 1.82) is 0 Å². The number of hydrogen-bond donors (Lipinski definition) is 1. The maximum absolute atomic E-state index is 12.5. The molecule has 1 aromatic carbocycles. The van der Waals surface area contributed by atoms with Gasteiger partial charge in [-0.25, -0.2) is 19.9 Å². The molecule has 2 amide bonds. The van der Waals surface area contributed by atoms with Crippen LogP contribution in [0.15, 0.2) is 48.1 Å². The van der Waals surface area contributed by atoms with E-state index in [4.69, 9.17) is 0 Å². The van der Waals surface area contributed by atoms with Crippen molar-refractivity contribution >= 4 is 28.4 Å². The second-order valence-corrected chi connectivity index (χ2v) is 6.90. The van der Waals surface area contributed by atoms with Crippen molar-refractivity contribution in [3.8, 4) is 0 Å². The topological polar surface area (TPSA) is 53.4 Å². The number of fused-ring (bicyclic) bond motifs is 1. The van der Waals surface area contributed by atoms with E-state index < -0.39 is 0 Å². The van der Waals surface area contributed by atoms with E-state index in [1.807, 2.05) is 29.2 Å². The molecule has 4 rings (SSSR count). The lowest BCUT2D eigenvalue weighted by molar-refractivity contribution is 0.142. The van der Waals surface area contributed by atoms with E-state index >= 15 is 0 Å². The van der Waals surface area contributed by atoms with Gasteiger partial charge in [0.2, 0.25) is 0 Å². The van der Waals surface area contributed by atoms with Crippen LogP contribution in [0.4, 0.5) is 4.79 Å². The van der Waals surface area contributed by atoms with E-state index in [2.05, 4.69) is 32.8 Å². The largest absolute Gasteiger partial charge is 0.336 e. The highest BCUT2D eigenvalue weighted by molar-refractivity contribution is 7.09. The number of thiophene rings is 1. The summed E-state index contributed by atoms with van der Waals surface area (Å²) in [5.74, 6) is 0. The molecule has 0 spiro atoms.